The molecule has 3 nitrogen and oxygen atoms in total. The summed E-state index contributed by atoms with van der Waals surface area (Å²) in [7, 11) is 0. The van der Waals surface area contributed by atoms with Crippen LogP contribution in [-0.2, 0) is 6.42 Å². The lowest BCUT2D eigenvalue weighted by Gasteiger charge is -2.17. The van der Waals surface area contributed by atoms with E-state index in [-0.39, 0.29) is 0 Å². The highest BCUT2D eigenvalue weighted by Gasteiger charge is 2.32. The first-order chi connectivity index (χ1) is 16.1. The van der Waals surface area contributed by atoms with E-state index in [2.05, 4.69) is 114 Å². The van der Waals surface area contributed by atoms with Gasteiger partial charge < -0.3 is 5.11 Å². The van der Waals surface area contributed by atoms with Crippen molar-refractivity contribution in [2.45, 2.75) is 105 Å². The molecule has 0 atom stereocenters. The van der Waals surface area contributed by atoms with Crippen LogP contribution in [0.5, 0.6) is 5.88 Å². The second-order valence-electron chi connectivity index (χ2n) is 10.9. The fourth-order valence-corrected chi connectivity index (χ4v) is 5.00. The molecule has 0 fully saturated rings. The lowest BCUT2D eigenvalue weighted by Crippen LogP contribution is -2.32. The number of hydrogen-bond acceptors (Lipinski definition) is 1. The van der Waals surface area contributed by atoms with Gasteiger partial charge in [0, 0.05) is 28.7 Å². The molecule has 1 heterocycles. The van der Waals surface area contributed by atoms with Gasteiger partial charge >= 0.3 is 5.88 Å². The first-order valence-corrected chi connectivity index (χ1v) is 13.2. The second kappa shape index (κ2) is 10.8. The van der Waals surface area contributed by atoms with Crippen LogP contribution >= 0.6 is 0 Å². The quantitative estimate of drug-likeness (QED) is 0.319. The Morgan fingerprint density at radius 1 is 0.735 bits per heavy atom. The van der Waals surface area contributed by atoms with Crippen LogP contribution in [0.2, 0.25) is 0 Å². The number of nitrogens with zero attached hydrogens (tertiary/aromatic N) is 2. The van der Waals surface area contributed by atoms with Crippen LogP contribution in [0.3, 0.4) is 0 Å². The summed E-state index contributed by atoms with van der Waals surface area (Å²) in [5.41, 5.74) is 8.57. The van der Waals surface area contributed by atoms with Gasteiger partial charge in [0.15, 0.2) is 5.69 Å². The van der Waals surface area contributed by atoms with Gasteiger partial charge in [-0.15, -0.1) is 0 Å². The Hall–Kier alpha value is -2.55. The van der Waals surface area contributed by atoms with E-state index in [0.717, 1.165) is 30.6 Å². The summed E-state index contributed by atoms with van der Waals surface area (Å²) in [5.74, 6) is 1.87. The number of benzene rings is 2. The summed E-state index contributed by atoms with van der Waals surface area (Å²) >= 11 is 0. The molecule has 1 N–H and O–H groups in total. The molecule has 184 valence electrons. The van der Waals surface area contributed by atoms with E-state index in [9.17, 15) is 5.11 Å². The number of aromatic nitrogens is 2. The van der Waals surface area contributed by atoms with Crippen molar-refractivity contribution in [1.82, 2.24) is 4.57 Å². The smallest absolute Gasteiger partial charge is 0.331 e. The number of aromatic hydroxyl groups is 1. The van der Waals surface area contributed by atoms with Crippen LogP contribution in [0.25, 0.3) is 11.4 Å². The molecule has 0 unspecified atom stereocenters. The number of rotatable bonds is 9. The average Bonchev–Trinajstić information content (AvgIpc) is 3.11. The Kier molecular flexibility index (Phi) is 8.28. The van der Waals surface area contributed by atoms with Crippen LogP contribution in [-0.4, -0.2) is 9.67 Å². The molecule has 0 aliphatic carbocycles. The maximum Gasteiger partial charge on any atom is 0.331 e. The first-order valence-electron chi connectivity index (χ1n) is 13.2. The van der Waals surface area contributed by atoms with E-state index in [1.54, 1.807) is 0 Å². The zero-order chi connectivity index (χ0) is 25.2. The van der Waals surface area contributed by atoms with Gasteiger partial charge in [-0.2, -0.15) is 9.13 Å². The fraction of sp³-hybridized carbons (Fsp3) is 0.516. The summed E-state index contributed by atoms with van der Waals surface area (Å²) < 4.78 is 4.37. The van der Waals surface area contributed by atoms with Crippen molar-refractivity contribution in [1.29, 1.82) is 0 Å². The summed E-state index contributed by atoms with van der Waals surface area (Å²) in [6, 6.07) is 13.3. The minimum Gasteiger partial charge on any atom is -0.475 e. The van der Waals surface area contributed by atoms with Gasteiger partial charge in [-0.3, -0.25) is 0 Å². The molecule has 0 bridgehead atoms. The fourth-order valence-electron chi connectivity index (χ4n) is 5.00. The Morgan fingerprint density at radius 2 is 1.18 bits per heavy atom. The van der Waals surface area contributed by atoms with Gasteiger partial charge in [-0.05, 0) is 30.1 Å². The number of hydrogen-bond donors (Lipinski definition) is 1. The lowest BCUT2D eigenvalue weighted by atomic mass is 9.92. The monoisotopic (exact) mass is 461 g/mol. The third-order valence-electron chi connectivity index (χ3n) is 6.94. The van der Waals surface area contributed by atoms with Crippen LogP contribution in [0.4, 0.5) is 0 Å². The number of imidazole rings is 1. The van der Waals surface area contributed by atoms with Crippen molar-refractivity contribution < 1.29 is 9.67 Å². The van der Waals surface area contributed by atoms with Crippen molar-refractivity contribution >= 4 is 0 Å². The molecule has 0 aliphatic heterocycles. The van der Waals surface area contributed by atoms with Crippen LogP contribution in [0, 0.1) is 0 Å². The van der Waals surface area contributed by atoms with Gasteiger partial charge in [0.2, 0.25) is 0 Å². The molecule has 0 saturated carbocycles. The van der Waals surface area contributed by atoms with E-state index >= 15 is 0 Å². The van der Waals surface area contributed by atoms with Crippen LogP contribution in [0.15, 0.2) is 42.7 Å². The first kappa shape index (κ1) is 26.1. The van der Waals surface area contributed by atoms with Gasteiger partial charge in [-0.25, -0.2) is 0 Å². The highest BCUT2D eigenvalue weighted by atomic mass is 16.3. The van der Waals surface area contributed by atoms with E-state index in [4.69, 9.17) is 0 Å². The Morgan fingerprint density at radius 3 is 1.59 bits per heavy atom. The average molecular weight is 462 g/mol. The largest absolute Gasteiger partial charge is 0.475 e. The molecule has 3 rings (SSSR count). The normalized spacial score (nSPS) is 12.0. The topological polar surface area (TPSA) is 29.0 Å². The highest BCUT2D eigenvalue weighted by molar-refractivity contribution is 5.53. The predicted octanol–water partition coefficient (Wildman–Crippen LogP) is 8.30. The van der Waals surface area contributed by atoms with Gasteiger partial charge in [0.05, 0.1) is 0 Å². The summed E-state index contributed by atoms with van der Waals surface area (Å²) in [4.78, 5) is 0. The third kappa shape index (κ3) is 4.94. The molecule has 0 amide bonds. The van der Waals surface area contributed by atoms with Crippen molar-refractivity contribution in [3.05, 3.63) is 70.7 Å². The standard InChI is InChI=1S/C31H44N2O/c1-10-11-18-28-31(34)33(30-26(22(6)7)16-13-17-27(30)23(8)9)19-32(28)29-24(20(2)3)14-12-15-25(29)21(4)5/h12-17,19-23H,10-11,18H2,1-9H3/p+1. The van der Waals surface area contributed by atoms with Crippen molar-refractivity contribution in [3.63, 3.8) is 0 Å². The van der Waals surface area contributed by atoms with Gasteiger partial charge in [0.1, 0.15) is 11.4 Å². The zero-order valence-electron chi connectivity index (χ0n) is 22.8. The molecule has 1 aromatic heterocycles. The molecular formula is C31H45N2O+. The second-order valence-corrected chi connectivity index (χ2v) is 10.9. The van der Waals surface area contributed by atoms with Gasteiger partial charge in [-0.1, -0.05) is 105 Å². The molecule has 3 aromatic rings. The minimum atomic E-state index is 0.359. The predicted molar refractivity (Wildman–Crippen MR) is 144 cm³/mol. The van der Waals surface area contributed by atoms with Crippen molar-refractivity contribution in [3.8, 4) is 17.3 Å². The molecule has 0 spiro atoms. The Labute approximate surface area is 207 Å². The summed E-state index contributed by atoms with van der Waals surface area (Å²) in [5, 5.41) is 11.8. The number of para-hydroxylation sites is 2. The number of unbranched alkanes of at least 4 members (excludes halogenated alkanes) is 1. The lowest BCUT2D eigenvalue weighted by molar-refractivity contribution is -0.604. The molecule has 0 radical (unpaired) electrons. The molecule has 2 aromatic carbocycles. The van der Waals surface area contributed by atoms with Crippen molar-refractivity contribution in [2.75, 3.05) is 0 Å². The molecule has 3 heteroatoms. The van der Waals surface area contributed by atoms with Crippen LogP contribution < -0.4 is 4.57 Å². The van der Waals surface area contributed by atoms with Crippen molar-refractivity contribution in [2.24, 2.45) is 0 Å². The summed E-state index contributed by atoms with van der Waals surface area (Å²) in [6.45, 7) is 20.2. The van der Waals surface area contributed by atoms with E-state index in [1.165, 1.54) is 27.9 Å². The molecule has 0 saturated heterocycles. The van der Waals surface area contributed by atoms with Gasteiger partial charge in [0.25, 0.3) is 6.33 Å². The van der Waals surface area contributed by atoms with Crippen LogP contribution in [0.1, 0.15) is 127 Å². The molecular weight excluding hydrogens is 416 g/mol. The Bertz CT molecular complexity index is 1070. The highest BCUT2D eigenvalue weighted by Crippen LogP contribution is 2.35. The minimum absolute atomic E-state index is 0.359. The third-order valence-corrected chi connectivity index (χ3v) is 6.94. The molecule has 34 heavy (non-hydrogen) atoms. The SMILES string of the molecule is CCCCc1c(O)[n+](-c2c(C(C)C)cccc2C(C)C)cn1-c1c(C(C)C)cccc1C(C)C. The molecule has 0 aliphatic rings. The zero-order valence-corrected chi connectivity index (χ0v) is 22.8. The van der Waals surface area contributed by atoms with E-state index in [1.807, 2.05) is 0 Å². The van der Waals surface area contributed by atoms with E-state index < -0.39 is 0 Å². The van der Waals surface area contributed by atoms with E-state index in [0.29, 0.717) is 29.6 Å². The summed E-state index contributed by atoms with van der Waals surface area (Å²) in [6.07, 6.45) is 5.13. The maximum atomic E-state index is 11.8. The maximum absolute atomic E-state index is 11.8. The Balaban J connectivity index is 2.43.